The number of carbonyl (C=O) groups is 1. The number of hydrogen-bond donors (Lipinski definition) is 2. The van der Waals surface area contributed by atoms with E-state index in [1.165, 1.54) is 57.8 Å². The van der Waals surface area contributed by atoms with E-state index in [4.69, 9.17) is 9.05 Å². The molecule has 2 N–H and O–H groups in total. The third kappa shape index (κ3) is 38.3. The number of nitrogens with one attached hydrogen (secondary N) is 1. The number of nitrogens with zero attached hydrogens (tertiary/aromatic N) is 1. The highest BCUT2D eigenvalue weighted by molar-refractivity contribution is 7.45. The quantitative estimate of drug-likeness (QED) is 0.0282. The summed E-state index contributed by atoms with van der Waals surface area (Å²) in [6, 6.07) is -0.819. The summed E-state index contributed by atoms with van der Waals surface area (Å²) in [5.74, 6) is -0.200. The summed E-state index contributed by atoms with van der Waals surface area (Å²) in [6.07, 6.45) is 45.1. The predicted molar refractivity (Wildman–Crippen MR) is 224 cm³/mol. The molecule has 0 saturated carbocycles. The first-order chi connectivity index (χ1) is 25.5. The van der Waals surface area contributed by atoms with Crippen LogP contribution in [0.1, 0.15) is 162 Å². The van der Waals surface area contributed by atoms with Crippen LogP contribution >= 0.6 is 7.82 Å². The molecular weight excluding hydrogens is 683 g/mol. The summed E-state index contributed by atoms with van der Waals surface area (Å²) in [4.78, 5) is 25.3. The highest BCUT2D eigenvalue weighted by Crippen LogP contribution is 2.38. The fraction of sp³-hybridized carbons (Fsp3) is 0.750. The zero-order valence-corrected chi connectivity index (χ0v) is 35.6. The number of amides is 1. The molecule has 0 aromatic rings. The van der Waals surface area contributed by atoms with Crippen molar-refractivity contribution in [3.8, 4) is 0 Å². The summed E-state index contributed by atoms with van der Waals surface area (Å²) in [5, 5.41) is 13.8. The third-order valence-corrected chi connectivity index (χ3v) is 9.98. The van der Waals surface area contributed by atoms with E-state index in [0.29, 0.717) is 23.9 Å². The minimum absolute atomic E-state index is 0.00232. The van der Waals surface area contributed by atoms with Crippen molar-refractivity contribution in [2.45, 2.75) is 174 Å². The molecule has 0 aliphatic rings. The number of hydrogen-bond acceptors (Lipinski definition) is 6. The van der Waals surface area contributed by atoms with Gasteiger partial charge < -0.3 is 28.8 Å². The van der Waals surface area contributed by atoms with Gasteiger partial charge in [0.1, 0.15) is 13.2 Å². The predicted octanol–water partition coefficient (Wildman–Crippen LogP) is 10.8. The van der Waals surface area contributed by atoms with Crippen molar-refractivity contribution < 1.29 is 32.9 Å². The molecule has 0 rings (SSSR count). The second kappa shape index (κ2) is 35.9. The molecule has 308 valence electrons. The zero-order chi connectivity index (χ0) is 39.3. The minimum atomic E-state index is -4.57. The lowest BCUT2D eigenvalue weighted by Gasteiger charge is -2.30. The van der Waals surface area contributed by atoms with Crippen LogP contribution in [0.4, 0.5) is 0 Å². The standard InChI is InChI=1S/C44H81N2O6P/c1-6-8-10-12-14-16-18-20-21-22-23-24-25-26-28-30-32-34-36-38-44(48)45-42(41-52-53(49,50)51-40-39-46(3,4)5)43(47)37-35-33-31-29-27-19-17-15-13-11-9-7-2/h8,10,14,16,20-21,23-24,26,28,42-43,47H,6-7,9,11-13,15,17-19,22,25,27,29-41H2,1-5H3,(H-,45,48,49,50)/b10-8-,16-14-,21-20-,24-23-,28-26-. The monoisotopic (exact) mass is 765 g/mol. The molecule has 0 radical (unpaired) electrons. The van der Waals surface area contributed by atoms with Crippen LogP contribution in [0.5, 0.6) is 0 Å². The van der Waals surface area contributed by atoms with Gasteiger partial charge >= 0.3 is 0 Å². The summed E-state index contributed by atoms with van der Waals surface area (Å²) in [5.41, 5.74) is 0. The maximum Gasteiger partial charge on any atom is 0.268 e. The maximum absolute atomic E-state index is 12.8. The Labute approximate surface area is 326 Å². The van der Waals surface area contributed by atoms with Gasteiger partial charge in [0.2, 0.25) is 5.91 Å². The van der Waals surface area contributed by atoms with Crippen molar-refractivity contribution in [2.24, 2.45) is 0 Å². The highest BCUT2D eigenvalue weighted by atomic mass is 31.2. The number of allylic oxidation sites excluding steroid dienone is 10. The Kier molecular flexibility index (Phi) is 34.7. The first-order valence-corrected chi connectivity index (χ1v) is 22.6. The first-order valence-electron chi connectivity index (χ1n) is 21.1. The highest BCUT2D eigenvalue weighted by Gasteiger charge is 2.24. The van der Waals surface area contributed by atoms with Gasteiger partial charge in [0.15, 0.2) is 0 Å². The minimum Gasteiger partial charge on any atom is -0.756 e. The molecule has 0 fully saturated rings. The van der Waals surface area contributed by atoms with Crippen LogP contribution in [0.25, 0.3) is 0 Å². The Bertz CT molecular complexity index is 1050. The number of phosphoric acid groups is 1. The van der Waals surface area contributed by atoms with Gasteiger partial charge in [-0.15, -0.1) is 0 Å². The fourth-order valence-electron chi connectivity index (χ4n) is 5.65. The summed E-state index contributed by atoms with van der Waals surface area (Å²) in [7, 11) is 1.27. The Morgan fingerprint density at radius 1 is 0.679 bits per heavy atom. The number of aliphatic hydroxyl groups excluding tert-OH is 1. The van der Waals surface area contributed by atoms with Crippen molar-refractivity contribution in [3.63, 3.8) is 0 Å². The molecule has 8 nitrogen and oxygen atoms in total. The smallest absolute Gasteiger partial charge is 0.268 e. The van der Waals surface area contributed by atoms with Crippen molar-refractivity contribution >= 4 is 13.7 Å². The Morgan fingerprint density at radius 2 is 1.15 bits per heavy atom. The van der Waals surface area contributed by atoms with E-state index in [0.717, 1.165) is 77.0 Å². The van der Waals surface area contributed by atoms with Crippen LogP contribution < -0.4 is 10.2 Å². The van der Waals surface area contributed by atoms with E-state index < -0.39 is 20.0 Å². The van der Waals surface area contributed by atoms with E-state index >= 15 is 0 Å². The number of aliphatic hydroxyl groups is 1. The molecule has 0 saturated heterocycles. The number of phosphoric ester groups is 1. The molecule has 9 heteroatoms. The number of unbranched alkanes of at least 4 members (excludes halogenated alkanes) is 14. The summed E-state index contributed by atoms with van der Waals surface area (Å²) >= 11 is 0. The van der Waals surface area contributed by atoms with Crippen LogP contribution in [-0.2, 0) is 18.4 Å². The van der Waals surface area contributed by atoms with Crippen molar-refractivity contribution in [2.75, 3.05) is 40.9 Å². The Balaban J connectivity index is 4.47. The number of quaternary nitrogens is 1. The molecular formula is C44H81N2O6P. The van der Waals surface area contributed by atoms with E-state index in [2.05, 4.69) is 79.9 Å². The topological polar surface area (TPSA) is 108 Å². The number of likely N-dealkylation sites (N-methyl/N-ethyl adjacent to an activating group) is 1. The molecule has 0 heterocycles. The van der Waals surface area contributed by atoms with Gasteiger partial charge in [0.05, 0.1) is 39.9 Å². The number of carbonyl (C=O) groups excluding carboxylic acids is 1. The van der Waals surface area contributed by atoms with Crippen molar-refractivity contribution in [3.05, 3.63) is 60.8 Å². The molecule has 3 unspecified atom stereocenters. The lowest BCUT2D eigenvalue weighted by atomic mass is 10.0. The Morgan fingerprint density at radius 3 is 1.66 bits per heavy atom. The van der Waals surface area contributed by atoms with E-state index in [1.807, 2.05) is 21.1 Å². The molecule has 0 aromatic carbocycles. The first kappa shape index (κ1) is 51.2. The molecule has 1 amide bonds. The summed E-state index contributed by atoms with van der Waals surface area (Å²) < 4.78 is 23.2. The van der Waals surface area contributed by atoms with Gasteiger partial charge in [-0.1, -0.05) is 158 Å². The summed E-state index contributed by atoms with van der Waals surface area (Å²) in [6.45, 7) is 4.55. The number of rotatable bonds is 37. The Hall–Kier alpha value is -1.80. The molecule has 0 bridgehead atoms. The second-order valence-corrected chi connectivity index (χ2v) is 16.7. The second-order valence-electron chi connectivity index (χ2n) is 15.3. The van der Waals surface area contributed by atoms with Gasteiger partial charge in [0.25, 0.3) is 7.82 Å². The molecule has 0 aromatic heterocycles. The van der Waals surface area contributed by atoms with Gasteiger partial charge in [-0.3, -0.25) is 9.36 Å². The van der Waals surface area contributed by atoms with Crippen molar-refractivity contribution in [1.82, 2.24) is 5.32 Å². The van der Waals surface area contributed by atoms with Crippen LogP contribution in [-0.4, -0.2) is 68.5 Å². The molecule has 0 spiro atoms. The van der Waals surface area contributed by atoms with Gasteiger partial charge in [-0.25, -0.2) is 0 Å². The maximum atomic E-state index is 12.8. The fourth-order valence-corrected chi connectivity index (χ4v) is 6.37. The van der Waals surface area contributed by atoms with Gasteiger partial charge in [-0.2, -0.15) is 0 Å². The normalized spacial score (nSPS) is 15.1. The van der Waals surface area contributed by atoms with Crippen LogP contribution in [0.2, 0.25) is 0 Å². The molecule has 0 aliphatic heterocycles. The average Bonchev–Trinajstić information content (AvgIpc) is 3.10. The zero-order valence-electron chi connectivity index (χ0n) is 34.7. The van der Waals surface area contributed by atoms with E-state index in [-0.39, 0.29) is 19.1 Å². The largest absolute Gasteiger partial charge is 0.756 e. The van der Waals surface area contributed by atoms with Gasteiger partial charge in [0, 0.05) is 6.42 Å². The average molecular weight is 765 g/mol. The van der Waals surface area contributed by atoms with E-state index in [9.17, 15) is 19.4 Å². The third-order valence-electron chi connectivity index (χ3n) is 9.02. The lowest BCUT2D eigenvalue weighted by Crippen LogP contribution is -2.46. The molecule has 53 heavy (non-hydrogen) atoms. The van der Waals surface area contributed by atoms with Crippen LogP contribution in [0.3, 0.4) is 0 Å². The van der Waals surface area contributed by atoms with Crippen LogP contribution in [0.15, 0.2) is 60.8 Å². The van der Waals surface area contributed by atoms with Crippen LogP contribution in [0, 0.1) is 0 Å². The SMILES string of the molecule is CC/C=C\C/C=C\C/C=C\C/C=C\C/C=C\CCCCCC(=O)NC(COP(=O)([O-])OCC[N+](C)(C)C)C(O)CCCCCCCCCCCCCC. The van der Waals surface area contributed by atoms with E-state index in [1.54, 1.807) is 0 Å². The molecule has 3 atom stereocenters. The van der Waals surface area contributed by atoms with Crippen molar-refractivity contribution in [1.29, 1.82) is 0 Å². The molecule has 0 aliphatic carbocycles. The van der Waals surface area contributed by atoms with Gasteiger partial charge in [-0.05, 0) is 57.8 Å². The lowest BCUT2D eigenvalue weighted by molar-refractivity contribution is -0.870.